The lowest BCUT2D eigenvalue weighted by Gasteiger charge is -2.19. The smallest absolute Gasteiger partial charge is 0.256 e. The Bertz CT molecular complexity index is 1140. The lowest BCUT2D eigenvalue weighted by Crippen LogP contribution is -2.15. The Morgan fingerprint density at radius 1 is 0.966 bits per heavy atom. The molecular formula is C23H23N5O. The average molecular weight is 385 g/mol. The molecule has 0 unspecified atom stereocenters. The Kier molecular flexibility index (Phi) is 4.76. The summed E-state index contributed by atoms with van der Waals surface area (Å²) in [6.07, 6.45) is 1.68. The first kappa shape index (κ1) is 18.7. The molecule has 6 heteroatoms. The molecule has 0 bridgehead atoms. The monoisotopic (exact) mass is 385 g/mol. The number of nitrogens with one attached hydrogen (secondary N) is 2. The van der Waals surface area contributed by atoms with Gasteiger partial charge in [-0.25, -0.2) is 4.98 Å². The number of fused-ring (bicyclic) bond motifs is 1. The van der Waals surface area contributed by atoms with E-state index in [0.29, 0.717) is 22.8 Å². The normalized spacial score (nSPS) is 11.4. The van der Waals surface area contributed by atoms with Gasteiger partial charge in [-0.05, 0) is 35.2 Å². The highest BCUT2D eigenvalue weighted by molar-refractivity contribution is 6.04. The van der Waals surface area contributed by atoms with Gasteiger partial charge in [-0.3, -0.25) is 4.79 Å². The standard InChI is InChI=1S/C23H23N5O/c1-23(2,3)17-11-9-16(10-12-17)22(29)27-19-15-21(25-18-7-5-4-6-8-18)28-20(26-19)13-14-24-28/h4-15,25H,1-3H3,(H,26,27,29). The molecule has 29 heavy (non-hydrogen) atoms. The summed E-state index contributed by atoms with van der Waals surface area (Å²) in [5, 5.41) is 10.5. The zero-order valence-corrected chi connectivity index (χ0v) is 16.7. The van der Waals surface area contributed by atoms with Crippen molar-refractivity contribution in [1.82, 2.24) is 14.6 Å². The zero-order valence-electron chi connectivity index (χ0n) is 16.7. The number of amides is 1. The minimum atomic E-state index is -0.201. The van der Waals surface area contributed by atoms with Crippen LogP contribution in [-0.2, 0) is 5.41 Å². The Balaban J connectivity index is 1.60. The van der Waals surface area contributed by atoms with Crippen molar-refractivity contribution in [2.24, 2.45) is 0 Å². The topological polar surface area (TPSA) is 71.3 Å². The van der Waals surface area contributed by atoms with E-state index in [2.05, 4.69) is 41.5 Å². The number of hydrogen-bond donors (Lipinski definition) is 2. The SMILES string of the molecule is CC(C)(C)c1ccc(C(=O)Nc2cc(Nc3ccccc3)n3nccc3n2)cc1. The number of carbonyl (C=O) groups is 1. The summed E-state index contributed by atoms with van der Waals surface area (Å²) in [4.78, 5) is 17.2. The first-order chi connectivity index (χ1) is 13.9. The fourth-order valence-corrected chi connectivity index (χ4v) is 3.05. The average Bonchev–Trinajstić information content (AvgIpc) is 3.17. The van der Waals surface area contributed by atoms with Crippen LogP contribution < -0.4 is 10.6 Å². The number of aromatic nitrogens is 3. The molecule has 0 saturated heterocycles. The molecule has 6 nitrogen and oxygen atoms in total. The Hall–Kier alpha value is -3.67. The van der Waals surface area contributed by atoms with Gasteiger partial charge in [0.05, 0.1) is 6.20 Å². The number of para-hydroxylation sites is 1. The summed E-state index contributed by atoms with van der Waals surface area (Å²) < 4.78 is 1.70. The van der Waals surface area contributed by atoms with Crippen LogP contribution in [0, 0.1) is 0 Å². The molecular weight excluding hydrogens is 362 g/mol. The van der Waals surface area contributed by atoms with E-state index in [4.69, 9.17) is 0 Å². The van der Waals surface area contributed by atoms with Gasteiger partial charge in [0.15, 0.2) is 5.65 Å². The van der Waals surface area contributed by atoms with Gasteiger partial charge in [0.1, 0.15) is 11.6 Å². The Morgan fingerprint density at radius 2 is 1.69 bits per heavy atom. The van der Waals surface area contributed by atoms with Crippen LogP contribution in [0.1, 0.15) is 36.7 Å². The van der Waals surface area contributed by atoms with Crippen LogP contribution >= 0.6 is 0 Å². The molecule has 2 heterocycles. The van der Waals surface area contributed by atoms with E-state index in [1.165, 1.54) is 5.56 Å². The fourth-order valence-electron chi connectivity index (χ4n) is 3.05. The summed E-state index contributed by atoms with van der Waals surface area (Å²) in [5.74, 6) is 0.971. The lowest BCUT2D eigenvalue weighted by atomic mass is 9.87. The third kappa shape index (κ3) is 4.11. The van der Waals surface area contributed by atoms with Gasteiger partial charge in [-0.2, -0.15) is 9.61 Å². The number of carbonyl (C=O) groups excluding carboxylic acids is 1. The van der Waals surface area contributed by atoms with Crippen LogP contribution in [0.25, 0.3) is 5.65 Å². The second kappa shape index (κ2) is 7.39. The molecule has 0 saturated carbocycles. The minimum Gasteiger partial charge on any atom is -0.340 e. The maximum atomic E-state index is 12.7. The van der Waals surface area contributed by atoms with E-state index >= 15 is 0 Å². The molecule has 4 rings (SSSR count). The quantitative estimate of drug-likeness (QED) is 0.517. The first-order valence-corrected chi connectivity index (χ1v) is 9.49. The fraction of sp³-hybridized carbons (Fsp3) is 0.174. The molecule has 0 aliphatic heterocycles. The van der Waals surface area contributed by atoms with E-state index < -0.39 is 0 Å². The maximum absolute atomic E-state index is 12.7. The third-order valence-corrected chi connectivity index (χ3v) is 4.66. The van der Waals surface area contributed by atoms with Crippen molar-refractivity contribution in [3.63, 3.8) is 0 Å². The largest absolute Gasteiger partial charge is 0.340 e. The summed E-state index contributed by atoms with van der Waals surface area (Å²) in [6, 6.07) is 21.0. The molecule has 4 aromatic rings. The molecule has 0 aliphatic carbocycles. The predicted molar refractivity (Wildman–Crippen MR) is 116 cm³/mol. The van der Waals surface area contributed by atoms with Crippen LogP contribution in [0.15, 0.2) is 72.9 Å². The van der Waals surface area contributed by atoms with Gasteiger partial charge in [0.25, 0.3) is 5.91 Å². The predicted octanol–water partition coefficient (Wildman–Crippen LogP) is 5.02. The van der Waals surface area contributed by atoms with Crippen molar-refractivity contribution in [2.75, 3.05) is 10.6 Å². The van der Waals surface area contributed by atoms with Crippen molar-refractivity contribution in [3.05, 3.63) is 84.1 Å². The van der Waals surface area contributed by atoms with E-state index in [0.717, 1.165) is 5.69 Å². The van der Waals surface area contributed by atoms with Crippen molar-refractivity contribution in [3.8, 4) is 0 Å². The van der Waals surface area contributed by atoms with E-state index in [-0.39, 0.29) is 11.3 Å². The number of benzene rings is 2. The van der Waals surface area contributed by atoms with Crippen molar-refractivity contribution < 1.29 is 4.79 Å². The number of hydrogen-bond acceptors (Lipinski definition) is 4. The summed E-state index contributed by atoms with van der Waals surface area (Å²) in [6.45, 7) is 6.44. The van der Waals surface area contributed by atoms with Gasteiger partial charge >= 0.3 is 0 Å². The maximum Gasteiger partial charge on any atom is 0.256 e. The molecule has 146 valence electrons. The molecule has 0 aliphatic rings. The molecule has 1 amide bonds. The van der Waals surface area contributed by atoms with E-state index in [1.54, 1.807) is 22.8 Å². The van der Waals surface area contributed by atoms with E-state index in [9.17, 15) is 4.79 Å². The molecule has 2 N–H and O–H groups in total. The van der Waals surface area contributed by atoms with Crippen LogP contribution in [0.5, 0.6) is 0 Å². The molecule has 0 radical (unpaired) electrons. The van der Waals surface area contributed by atoms with Gasteiger partial charge in [0.2, 0.25) is 0 Å². The molecule has 2 aromatic carbocycles. The molecule has 0 spiro atoms. The summed E-state index contributed by atoms with van der Waals surface area (Å²) in [7, 11) is 0. The van der Waals surface area contributed by atoms with Gasteiger partial charge in [0, 0.05) is 23.4 Å². The van der Waals surface area contributed by atoms with E-state index in [1.807, 2.05) is 54.6 Å². The second-order valence-corrected chi connectivity index (χ2v) is 7.90. The Morgan fingerprint density at radius 3 is 2.38 bits per heavy atom. The van der Waals surface area contributed by atoms with Crippen molar-refractivity contribution in [2.45, 2.75) is 26.2 Å². The lowest BCUT2D eigenvalue weighted by molar-refractivity contribution is 0.102. The highest BCUT2D eigenvalue weighted by atomic mass is 16.1. The number of anilines is 3. The van der Waals surface area contributed by atoms with Crippen molar-refractivity contribution >= 4 is 28.9 Å². The highest BCUT2D eigenvalue weighted by Gasteiger charge is 2.15. The number of rotatable bonds is 4. The zero-order chi connectivity index (χ0) is 20.4. The van der Waals surface area contributed by atoms with Crippen LogP contribution in [-0.4, -0.2) is 20.5 Å². The van der Waals surface area contributed by atoms with Crippen molar-refractivity contribution in [1.29, 1.82) is 0 Å². The summed E-state index contributed by atoms with van der Waals surface area (Å²) >= 11 is 0. The molecule has 2 aromatic heterocycles. The second-order valence-electron chi connectivity index (χ2n) is 7.90. The highest BCUT2D eigenvalue weighted by Crippen LogP contribution is 2.23. The Labute approximate surface area is 169 Å². The molecule has 0 fully saturated rings. The van der Waals surface area contributed by atoms with Gasteiger partial charge in [-0.15, -0.1) is 0 Å². The minimum absolute atomic E-state index is 0.0433. The van der Waals surface area contributed by atoms with Crippen LogP contribution in [0.3, 0.4) is 0 Å². The van der Waals surface area contributed by atoms with Gasteiger partial charge < -0.3 is 10.6 Å². The third-order valence-electron chi connectivity index (χ3n) is 4.66. The first-order valence-electron chi connectivity index (χ1n) is 9.49. The molecule has 0 atom stereocenters. The number of nitrogens with zero attached hydrogens (tertiary/aromatic N) is 3. The van der Waals surface area contributed by atoms with Crippen LogP contribution in [0.2, 0.25) is 0 Å². The summed E-state index contributed by atoms with van der Waals surface area (Å²) in [5.41, 5.74) is 3.38. The van der Waals surface area contributed by atoms with Crippen LogP contribution in [0.4, 0.5) is 17.3 Å². The van der Waals surface area contributed by atoms with Gasteiger partial charge in [-0.1, -0.05) is 51.1 Å².